The highest BCUT2D eigenvalue weighted by Gasteiger charge is 2.38. The molecule has 1 saturated heterocycles. The van der Waals surface area contributed by atoms with Gasteiger partial charge in [-0.15, -0.1) is 0 Å². The second-order valence-electron chi connectivity index (χ2n) is 5.84. The lowest BCUT2D eigenvalue weighted by molar-refractivity contribution is 0.00215. The molecule has 1 aliphatic rings. The Labute approximate surface area is 119 Å². The Morgan fingerprint density at radius 3 is 2.16 bits per heavy atom. The smallest absolute Gasteiger partial charge is 0.410 e. The third kappa shape index (κ3) is 4.50. The summed E-state index contributed by atoms with van der Waals surface area (Å²) in [5.74, 6) is 0. The monoisotopic (exact) mass is 312 g/mol. The lowest BCUT2D eigenvalue weighted by Crippen LogP contribution is -2.59. The van der Waals surface area contributed by atoms with Crippen LogP contribution in [0.15, 0.2) is 0 Å². The van der Waals surface area contributed by atoms with Crippen LogP contribution in [-0.2, 0) is 14.0 Å². The number of halogens is 1. The predicted molar refractivity (Wildman–Crippen MR) is 73.3 cm³/mol. The lowest BCUT2D eigenvalue weighted by Gasteiger charge is -2.42. The minimum Gasteiger partial charge on any atom is -0.444 e. The second kappa shape index (κ2) is 5.46. The minimum atomic E-state index is -3.77. The molecular weight excluding hydrogens is 292 g/mol. The van der Waals surface area contributed by atoms with Gasteiger partial charge in [0.05, 0.1) is 0 Å². The van der Waals surface area contributed by atoms with Crippen molar-refractivity contribution < 1.29 is 17.9 Å². The zero-order valence-corrected chi connectivity index (χ0v) is 13.5. The van der Waals surface area contributed by atoms with E-state index in [1.54, 1.807) is 34.6 Å². The number of hydrogen-bond acceptors (Lipinski definition) is 4. The number of amides is 1. The number of rotatable bonds is 1. The van der Waals surface area contributed by atoms with Gasteiger partial charge in [-0.05, 0) is 34.6 Å². The molecule has 1 rings (SSSR count). The van der Waals surface area contributed by atoms with Gasteiger partial charge in [0.25, 0.3) is 9.24 Å². The van der Waals surface area contributed by atoms with Crippen LogP contribution in [0.2, 0.25) is 0 Å². The maximum Gasteiger partial charge on any atom is 0.410 e. The summed E-state index contributed by atoms with van der Waals surface area (Å²) < 4.78 is 29.3. The van der Waals surface area contributed by atoms with Crippen LogP contribution in [0.3, 0.4) is 0 Å². The molecule has 0 aliphatic carbocycles. The van der Waals surface area contributed by atoms with Gasteiger partial charge in [-0.25, -0.2) is 4.79 Å². The van der Waals surface area contributed by atoms with Crippen molar-refractivity contribution in [3.8, 4) is 0 Å². The van der Waals surface area contributed by atoms with Crippen molar-refractivity contribution in [2.75, 3.05) is 13.1 Å². The first kappa shape index (κ1) is 16.5. The summed E-state index contributed by atoms with van der Waals surface area (Å²) in [6.07, 6.45) is -0.432. The van der Waals surface area contributed by atoms with Crippen LogP contribution in [0.5, 0.6) is 0 Å². The van der Waals surface area contributed by atoms with E-state index in [-0.39, 0.29) is 25.2 Å². The molecule has 1 heterocycles. The summed E-state index contributed by atoms with van der Waals surface area (Å²) in [7, 11) is 1.60. The van der Waals surface area contributed by atoms with Crippen molar-refractivity contribution in [1.82, 2.24) is 9.21 Å². The molecule has 1 amide bonds. The van der Waals surface area contributed by atoms with Crippen LogP contribution >= 0.6 is 10.7 Å². The van der Waals surface area contributed by atoms with Crippen LogP contribution in [0.25, 0.3) is 0 Å². The third-order valence-corrected chi connectivity index (χ3v) is 4.44. The molecule has 1 fully saturated rings. The zero-order chi connectivity index (χ0) is 15.0. The van der Waals surface area contributed by atoms with Crippen molar-refractivity contribution in [2.24, 2.45) is 0 Å². The number of ether oxygens (including phenoxy) is 1. The van der Waals surface area contributed by atoms with Crippen LogP contribution in [0.1, 0.15) is 34.6 Å². The SMILES string of the molecule is C[C@@H]1CN(S(=O)(=O)Cl)[C@@H](C)CN1C(=O)OC(C)(C)C. The van der Waals surface area contributed by atoms with Crippen molar-refractivity contribution in [1.29, 1.82) is 0 Å². The number of carbonyl (C=O) groups is 1. The standard InChI is InChI=1S/C11H21ClN2O4S/c1-8-7-14(19(12,16)17)9(2)6-13(8)10(15)18-11(3,4)5/h8-9H,6-7H2,1-5H3/t8-,9+/m1/s1. The van der Waals surface area contributed by atoms with Crippen molar-refractivity contribution in [2.45, 2.75) is 52.3 Å². The highest BCUT2D eigenvalue weighted by atomic mass is 35.7. The Bertz CT molecular complexity index is 446. The molecule has 0 saturated carbocycles. The largest absolute Gasteiger partial charge is 0.444 e. The molecule has 6 nitrogen and oxygen atoms in total. The fourth-order valence-corrected chi connectivity index (χ4v) is 3.44. The molecule has 1 aliphatic heterocycles. The van der Waals surface area contributed by atoms with Gasteiger partial charge in [-0.2, -0.15) is 12.7 Å². The van der Waals surface area contributed by atoms with Crippen LogP contribution in [0.4, 0.5) is 4.79 Å². The summed E-state index contributed by atoms with van der Waals surface area (Å²) >= 11 is 0. The summed E-state index contributed by atoms with van der Waals surface area (Å²) in [5, 5.41) is 0. The van der Waals surface area contributed by atoms with Crippen molar-refractivity contribution in [3.63, 3.8) is 0 Å². The zero-order valence-electron chi connectivity index (χ0n) is 11.9. The molecule has 0 spiro atoms. The molecule has 2 atom stereocenters. The highest BCUT2D eigenvalue weighted by molar-refractivity contribution is 8.11. The summed E-state index contributed by atoms with van der Waals surface area (Å²) in [4.78, 5) is 13.6. The maximum absolute atomic E-state index is 12.0. The molecule has 0 N–H and O–H groups in total. The summed E-state index contributed by atoms with van der Waals surface area (Å²) in [6, 6.07) is -0.647. The first-order valence-corrected chi connectivity index (χ1v) is 8.39. The molecule has 0 aromatic heterocycles. The van der Waals surface area contributed by atoms with Crippen molar-refractivity contribution >= 4 is 26.0 Å². The number of piperazine rings is 1. The normalized spacial score (nSPS) is 26.3. The van der Waals surface area contributed by atoms with E-state index in [4.69, 9.17) is 15.4 Å². The minimum absolute atomic E-state index is 0.173. The molecule has 0 radical (unpaired) electrons. The van der Waals surface area contributed by atoms with E-state index in [0.29, 0.717) is 0 Å². The fraction of sp³-hybridized carbons (Fsp3) is 0.909. The Kier molecular flexibility index (Phi) is 4.75. The third-order valence-electron chi connectivity index (χ3n) is 2.84. The first-order valence-electron chi connectivity index (χ1n) is 6.13. The van der Waals surface area contributed by atoms with Gasteiger partial charge in [-0.3, -0.25) is 0 Å². The van der Waals surface area contributed by atoms with E-state index in [0.717, 1.165) is 0 Å². The number of carbonyl (C=O) groups excluding carboxylic acids is 1. The van der Waals surface area contributed by atoms with E-state index < -0.39 is 20.9 Å². The van der Waals surface area contributed by atoms with E-state index >= 15 is 0 Å². The van der Waals surface area contributed by atoms with Crippen LogP contribution < -0.4 is 0 Å². The van der Waals surface area contributed by atoms with E-state index in [1.807, 2.05) is 0 Å². The van der Waals surface area contributed by atoms with Gasteiger partial charge in [0.15, 0.2) is 0 Å². The second-order valence-corrected chi connectivity index (χ2v) is 8.31. The Hall–Kier alpha value is -0.530. The molecule has 112 valence electrons. The summed E-state index contributed by atoms with van der Waals surface area (Å²) in [6.45, 7) is 9.29. The van der Waals surface area contributed by atoms with Gasteiger partial charge in [-0.1, -0.05) is 0 Å². The summed E-state index contributed by atoms with van der Waals surface area (Å²) in [5.41, 5.74) is -0.574. The first-order chi connectivity index (χ1) is 8.42. The number of nitrogens with zero attached hydrogens (tertiary/aromatic N) is 2. The van der Waals surface area contributed by atoms with Gasteiger partial charge in [0.2, 0.25) is 0 Å². The molecule has 19 heavy (non-hydrogen) atoms. The Morgan fingerprint density at radius 1 is 1.21 bits per heavy atom. The Balaban J connectivity index is 2.79. The maximum atomic E-state index is 12.0. The molecule has 0 unspecified atom stereocenters. The quantitative estimate of drug-likeness (QED) is 0.692. The van der Waals surface area contributed by atoms with Gasteiger partial charge >= 0.3 is 6.09 Å². The molecule has 0 bridgehead atoms. The van der Waals surface area contributed by atoms with Gasteiger partial charge in [0.1, 0.15) is 5.60 Å². The molecule has 0 aromatic rings. The molecular formula is C11H21ClN2O4S. The van der Waals surface area contributed by atoms with Crippen LogP contribution in [-0.4, -0.2) is 54.5 Å². The molecule has 8 heteroatoms. The average molecular weight is 313 g/mol. The predicted octanol–water partition coefficient (Wildman–Crippen LogP) is 1.80. The van der Waals surface area contributed by atoms with E-state index in [1.165, 1.54) is 9.21 Å². The van der Waals surface area contributed by atoms with E-state index in [2.05, 4.69) is 0 Å². The van der Waals surface area contributed by atoms with Crippen molar-refractivity contribution in [3.05, 3.63) is 0 Å². The van der Waals surface area contributed by atoms with E-state index in [9.17, 15) is 13.2 Å². The molecule has 0 aromatic carbocycles. The lowest BCUT2D eigenvalue weighted by atomic mass is 10.1. The number of hydrogen-bond donors (Lipinski definition) is 0. The Morgan fingerprint density at radius 2 is 1.74 bits per heavy atom. The topological polar surface area (TPSA) is 66.9 Å². The highest BCUT2D eigenvalue weighted by Crippen LogP contribution is 2.22. The average Bonchev–Trinajstić information content (AvgIpc) is 2.16. The van der Waals surface area contributed by atoms with Gasteiger partial charge in [0, 0.05) is 35.9 Å². The van der Waals surface area contributed by atoms with Gasteiger partial charge < -0.3 is 9.64 Å². The van der Waals surface area contributed by atoms with Crippen LogP contribution in [0, 0.1) is 0 Å². The fourth-order valence-electron chi connectivity index (χ4n) is 1.97.